The summed E-state index contributed by atoms with van der Waals surface area (Å²) in [4.78, 5) is 10.5. The van der Waals surface area contributed by atoms with Crippen molar-refractivity contribution < 1.29 is 4.79 Å². The lowest BCUT2D eigenvalue weighted by atomic mass is 10.1. The molecular weight excluding hydrogens is 174 g/mol. The molecule has 0 aromatic heterocycles. The summed E-state index contributed by atoms with van der Waals surface area (Å²) in [5, 5.41) is 0. The first-order valence-electron chi connectivity index (χ1n) is 4.39. The van der Waals surface area contributed by atoms with Gasteiger partial charge in [-0.3, -0.25) is 4.79 Å². The highest BCUT2D eigenvalue weighted by Crippen LogP contribution is 2.04. The monoisotopic (exact) mass is 187 g/mol. The van der Waals surface area contributed by atoms with Gasteiger partial charge in [0.1, 0.15) is 0 Å². The second-order valence-electron chi connectivity index (χ2n) is 3.03. The Labute approximate surface area is 83.7 Å². The number of nitrogens with two attached hydrogens (primary N) is 1. The number of primary amides is 1. The van der Waals surface area contributed by atoms with Gasteiger partial charge in [0.2, 0.25) is 5.91 Å². The van der Waals surface area contributed by atoms with Gasteiger partial charge < -0.3 is 5.73 Å². The van der Waals surface area contributed by atoms with E-state index in [1.165, 1.54) is 6.08 Å². The van der Waals surface area contributed by atoms with Crippen molar-refractivity contribution >= 4 is 12.0 Å². The van der Waals surface area contributed by atoms with Crippen molar-refractivity contribution in [2.75, 3.05) is 0 Å². The second kappa shape index (κ2) is 5.02. The van der Waals surface area contributed by atoms with E-state index in [1.54, 1.807) is 0 Å². The summed E-state index contributed by atoms with van der Waals surface area (Å²) in [7, 11) is 0. The summed E-state index contributed by atoms with van der Waals surface area (Å²) in [6, 6.07) is 9.88. The zero-order valence-electron chi connectivity index (χ0n) is 8.10. The molecule has 2 nitrogen and oxygen atoms in total. The van der Waals surface area contributed by atoms with Crippen LogP contribution in [0.5, 0.6) is 0 Å². The van der Waals surface area contributed by atoms with Gasteiger partial charge in [-0.1, -0.05) is 42.5 Å². The summed E-state index contributed by atoms with van der Waals surface area (Å²) in [6.45, 7) is 1.84. The molecule has 0 aliphatic rings. The van der Waals surface area contributed by atoms with E-state index in [-0.39, 0.29) is 0 Å². The van der Waals surface area contributed by atoms with Crippen LogP contribution < -0.4 is 5.73 Å². The molecule has 0 unspecified atom stereocenters. The molecule has 0 aliphatic heterocycles. The first kappa shape index (κ1) is 10.3. The number of hydrogen-bond donors (Lipinski definition) is 1. The third-order valence-electron chi connectivity index (χ3n) is 1.71. The van der Waals surface area contributed by atoms with Crippen LogP contribution in [0.1, 0.15) is 12.5 Å². The van der Waals surface area contributed by atoms with E-state index in [0.29, 0.717) is 0 Å². The van der Waals surface area contributed by atoms with Crippen LogP contribution in [0.3, 0.4) is 0 Å². The minimum atomic E-state index is -0.416. The number of hydrogen-bond acceptors (Lipinski definition) is 1. The van der Waals surface area contributed by atoms with Gasteiger partial charge in [-0.2, -0.15) is 0 Å². The normalized spacial score (nSPS) is 11.9. The average Bonchev–Trinajstić information content (AvgIpc) is 2.15. The molecule has 1 rings (SSSR count). The number of benzene rings is 1. The molecule has 2 N–H and O–H groups in total. The summed E-state index contributed by atoms with van der Waals surface area (Å²) in [5.74, 6) is -0.416. The number of allylic oxidation sites excluding steroid dienone is 2. The minimum Gasteiger partial charge on any atom is -0.366 e. The second-order valence-corrected chi connectivity index (χ2v) is 3.03. The molecular formula is C12H13NO. The van der Waals surface area contributed by atoms with Gasteiger partial charge in [-0.25, -0.2) is 0 Å². The average molecular weight is 187 g/mol. The predicted octanol–water partition coefficient (Wildman–Crippen LogP) is 2.13. The van der Waals surface area contributed by atoms with E-state index in [9.17, 15) is 4.79 Å². The molecule has 1 aromatic rings. The van der Waals surface area contributed by atoms with Crippen molar-refractivity contribution in [3.05, 3.63) is 53.6 Å². The molecule has 0 fully saturated rings. The molecule has 0 radical (unpaired) electrons. The van der Waals surface area contributed by atoms with Crippen LogP contribution in [0.2, 0.25) is 0 Å². The van der Waals surface area contributed by atoms with E-state index in [2.05, 4.69) is 0 Å². The quantitative estimate of drug-likeness (QED) is 0.571. The lowest BCUT2D eigenvalue weighted by Gasteiger charge is -1.92. The third-order valence-corrected chi connectivity index (χ3v) is 1.71. The fourth-order valence-electron chi connectivity index (χ4n) is 1.06. The van der Waals surface area contributed by atoms with Gasteiger partial charge in [-0.15, -0.1) is 0 Å². The van der Waals surface area contributed by atoms with Crippen LogP contribution >= 0.6 is 0 Å². The Hall–Kier alpha value is -1.83. The Bertz CT molecular complexity index is 363. The van der Waals surface area contributed by atoms with Crippen LogP contribution in [0.25, 0.3) is 6.08 Å². The van der Waals surface area contributed by atoms with Crippen molar-refractivity contribution in [3.8, 4) is 0 Å². The lowest BCUT2D eigenvalue weighted by molar-refractivity contribution is -0.113. The zero-order valence-corrected chi connectivity index (χ0v) is 8.10. The van der Waals surface area contributed by atoms with Gasteiger partial charge in [0, 0.05) is 6.08 Å². The van der Waals surface area contributed by atoms with Crippen LogP contribution in [-0.4, -0.2) is 5.91 Å². The van der Waals surface area contributed by atoms with Crippen molar-refractivity contribution in [2.24, 2.45) is 5.73 Å². The summed E-state index contributed by atoms with van der Waals surface area (Å²) in [6.07, 6.45) is 5.20. The molecule has 0 saturated carbocycles. The maximum absolute atomic E-state index is 10.5. The number of carbonyl (C=O) groups excluding carboxylic acids is 1. The van der Waals surface area contributed by atoms with E-state index in [4.69, 9.17) is 5.73 Å². The molecule has 0 spiro atoms. The smallest absolute Gasteiger partial charge is 0.241 e. The first-order chi connectivity index (χ1) is 6.68. The number of amides is 1. The lowest BCUT2D eigenvalue weighted by Crippen LogP contribution is -2.06. The maximum atomic E-state index is 10.5. The summed E-state index contributed by atoms with van der Waals surface area (Å²) >= 11 is 0. The number of rotatable bonds is 3. The first-order valence-corrected chi connectivity index (χ1v) is 4.39. The SMILES string of the molecule is CC(/C=C/c1ccccc1)=C\C(N)=O. The largest absolute Gasteiger partial charge is 0.366 e. The standard InChI is InChI=1S/C12H13NO/c1-10(9-12(13)14)7-8-11-5-3-2-4-6-11/h2-9H,1H3,(H2,13,14)/b8-7+,10-9+. The van der Waals surface area contributed by atoms with E-state index >= 15 is 0 Å². The molecule has 0 heterocycles. The highest BCUT2D eigenvalue weighted by Gasteiger charge is 1.87. The molecule has 0 aliphatic carbocycles. The fourth-order valence-corrected chi connectivity index (χ4v) is 1.06. The topological polar surface area (TPSA) is 43.1 Å². The van der Waals surface area contributed by atoms with Crippen molar-refractivity contribution in [1.82, 2.24) is 0 Å². The van der Waals surface area contributed by atoms with Crippen molar-refractivity contribution in [1.29, 1.82) is 0 Å². The van der Waals surface area contributed by atoms with Crippen LogP contribution in [-0.2, 0) is 4.79 Å². The molecule has 0 atom stereocenters. The van der Waals surface area contributed by atoms with Crippen LogP contribution in [0.4, 0.5) is 0 Å². The van der Waals surface area contributed by atoms with Crippen molar-refractivity contribution in [2.45, 2.75) is 6.92 Å². The highest BCUT2D eigenvalue weighted by atomic mass is 16.1. The van der Waals surface area contributed by atoms with E-state index in [1.807, 2.05) is 49.4 Å². The Balaban J connectivity index is 2.70. The highest BCUT2D eigenvalue weighted by molar-refractivity contribution is 5.87. The Morgan fingerprint density at radius 1 is 1.29 bits per heavy atom. The molecule has 0 bridgehead atoms. The van der Waals surface area contributed by atoms with Crippen LogP contribution in [0.15, 0.2) is 48.1 Å². The van der Waals surface area contributed by atoms with Gasteiger partial charge in [-0.05, 0) is 18.1 Å². The predicted molar refractivity (Wildman–Crippen MR) is 58.4 cm³/mol. The Morgan fingerprint density at radius 2 is 1.93 bits per heavy atom. The molecule has 1 amide bonds. The van der Waals surface area contributed by atoms with Gasteiger partial charge in [0.25, 0.3) is 0 Å². The Morgan fingerprint density at radius 3 is 2.50 bits per heavy atom. The third kappa shape index (κ3) is 3.72. The van der Waals surface area contributed by atoms with Gasteiger partial charge in [0.05, 0.1) is 0 Å². The maximum Gasteiger partial charge on any atom is 0.241 e. The van der Waals surface area contributed by atoms with Gasteiger partial charge >= 0.3 is 0 Å². The molecule has 72 valence electrons. The molecule has 1 aromatic carbocycles. The van der Waals surface area contributed by atoms with Gasteiger partial charge in [0.15, 0.2) is 0 Å². The molecule has 0 saturated heterocycles. The summed E-state index contributed by atoms with van der Waals surface area (Å²) < 4.78 is 0. The van der Waals surface area contributed by atoms with E-state index < -0.39 is 5.91 Å². The zero-order chi connectivity index (χ0) is 10.4. The minimum absolute atomic E-state index is 0.416. The number of carbonyl (C=O) groups is 1. The summed E-state index contributed by atoms with van der Waals surface area (Å²) in [5.41, 5.74) is 6.96. The Kier molecular flexibility index (Phi) is 3.68. The van der Waals surface area contributed by atoms with E-state index in [0.717, 1.165) is 11.1 Å². The van der Waals surface area contributed by atoms with Crippen LogP contribution in [0, 0.1) is 0 Å². The fraction of sp³-hybridized carbons (Fsp3) is 0.0833. The molecule has 2 heteroatoms. The van der Waals surface area contributed by atoms with Crippen molar-refractivity contribution in [3.63, 3.8) is 0 Å². The molecule has 14 heavy (non-hydrogen) atoms.